The predicted molar refractivity (Wildman–Crippen MR) is 55.3 cm³/mol. The molecule has 0 saturated carbocycles. The number of rotatable bonds is 9. The van der Waals surface area contributed by atoms with Gasteiger partial charge in [-0.1, -0.05) is 13.8 Å². The van der Waals surface area contributed by atoms with E-state index in [9.17, 15) is 9.59 Å². The Bertz CT molecular complexity index is 203. The van der Waals surface area contributed by atoms with Gasteiger partial charge in [-0.15, -0.1) is 0 Å². The first-order valence-corrected chi connectivity index (χ1v) is 5.23. The van der Waals surface area contributed by atoms with Crippen LogP contribution in [0.2, 0.25) is 0 Å². The molecule has 0 aromatic carbocycles. The Morgan fingerprint density at radius 3 is 1.44 bits per heavy atom. The Kier molecular flexibility index (Phi) is 7.49. The molecule has 0 rings (SSSR count). The third-order valence-corrected chi connectivity index (χ3v) is 1.76. The summed E-state index contributed by atoms with van der Waals surface area (Å²) >= 11 is 0. The summed E-state index contributed by atoms with van der Waals surface area (Å²) in [5, 5.41) is 17.7. The van der Waals surface area contributed by atoms with Crippen LogP contribution in [0.1, 0.15) is 26.7 Å². The SMILES string of the molecule is CCCOC(C(=O)O)C(OCCC)C(=O)O. The second-order valence-electron chi connectivity index (χ2n) is 3.26. The molecule has 0 aliphatic carbocycles. The molecule has 6 nitrogen and oxygen atoms in total. The van der Waals surface area contributed by atoms with Crippen molar-refractivity contribution in [1.29, 1.82) is 0 Å². The van der Waals surface area contributed by atoms with Crippen LogP contribution in [-0.2, 0) is 19.1 Å². The highest BCUT2D eigenvalue weighted by Gasteiger charge is 2.35. The van der Waals surface area contributed by atoms with Crippen LogP contribution < -0.4 is 0 Å². The lowest BCUT2D eigenvalue weighted by Gasteiger charge is -2.20. The van der Waals surface area contributed by atoms with E-state index in [2.05, 4.69) is 0 Å². The Morgan fingerprint density at radius 2 is 1.25 bits per heavy atom. The van der Waals surface area contributed by atoms with E-state index in [-0.39, 0.29) is 13.2 Å². The number of carbonyl (C=O) groups is 2. The van der Waals surface area contributed by atoms with E-state index in [1.165, 1.54) is 0 Å². The topological polar surface area (TPSA) is 93.1 Å². The van der Waals surface area contributed by atoms with Gasteiger partial charge in [0.2, 0.25) is 0 Å². The first-order chi connectivity index (χ1) is 7.54. The number of hydrogen-bond donors (Lipinski definition) is 2. The molecule has 0 aliphatic rings. The zero-order valence-electron chi connectivity index (χ0n) is 9.51. The third-order valence-electron chi connectivity index (χ3n) is 1.76. The number of hydrogen-bond acceptors (Lipinski definition) is 4. The van der Waals surface area contributed by atoms with Crippen LogP contribution in [0.15, 0.2) is 0 Å². The summed E-state index contributed by atoms with van der Waals surface area (Å²) in [5.41, 5.74) is 0. The van der Waals surface area contributed by atoms with Gasteiger partial charge < -0.3 is 19.7 Å². The van der Waals surface area contributed by atoms with Crippen molar-refractivity contribution in [3.63, 3.8) is 0 Å². The van der Waals surface area contributed by atoms with Gasteiger partial charge in [-0.05, 0) is 12.8 Å². The fourth-order valence-corrected chi connectivity index (χ4v) is 1.07. The van der Waals surface area contributed by atoms with Crippen LogP contribution in [-0.4, -0.2) is 47.6 Å². The summed E-state index contributed by atoms with van der Waals surface area (Å²) in [5.74, 6) is -2.64. The minimum Gasteiger partial charge on any atom is -0.479 e. The molecule has 0 aliphatic heterocycles. The minimum atomic E-state index is -1.45. The second-order valence-corrected chi connectivity index (χ2v) is 3.26. The van der Waals surface area contributed by atoms with Gasteiger partial charge in [-0.2, -0.15) is 0 Å². The summed E-state index contributed by atoms with van der Waals surface area (Å²) in [6, 6.07) is 0. The Morgan fingerprint density at radius 1 is 0.938 bits per heavy atom. The fourth-order valence-electron chi connectivity index (χ4n) is 1.07. The normalized spacial score (nSPS) is 14.4. The Hall–Kier alpha value is -1.14. The lowest BCUT2D eigenvalue weighted by Crippen LogP contribution is -2.44. The lowest BCUT2D eigenvalue weighted by atomic mass is 10.2. The standard InChI is InChI=1S/C10H18O6/c1-3-5-15-7(9(11)12)8(10(13)14)16-6-4-2/h7-8H,3-6H2,1-2H3,(H,11,12)(H,13,14). The van der Waals surface area contributed by atoms with Crippen molar-refractivity contribution in [1.82, 2.24) is 0 Å². The van der Waals surface area contributed by atoms with E-state index in [1.54, 1.807) is 0 Å². The highest BCUT2D eigenvalue weighted by Crippen LogP contribution is 2.07. The van der Waals surface area contributed by atoms with E-state index in [0.717, 1.165) is 0 Å². The molecule has 0 aromatic rings. The van der Waals surface area contributed by atoms with Crippen LogP contribution >= 0.6 is 0 Å². The van der Waals surface area contributed by atoms with Crippen molar-refractivity contribution in [2.75, 3.05) is 13.2 Å². The van der Waals surface area contributed by atoms with Gasteiger partial charge in [-0.3, -0.25) is 0 Å². The van der Waals surface area contributed by atoms with Gasteiger partial charge in [0, 0.05) is 13.2 Å². The Labute approximate surface area is 94.2 Å². The molecular weight excluding hydrogens is 216 g/mol. The van der Waals surface area contributed by atoms with Crippen LogP contribution in [0.4, 0.5) is 0 Å². The lowest BCUT2D eigenvalue weighted by molar-refractivity contribution is -0.176. The molecule has 0 radical (unpaired) electrons. The molecule has 16 heavy (non-hydrogen) atoms. The third kappa shape index (κ3) is 5.09. The number of ether oxygens (including phenoxy) is 2. The summed E-state index contributed by atoms with van der Waals surface area (Å²) in [6.07, 6.45) is -1.68. The summed E-state index contributed by atoms with van der Waals surface area (Å²) in [7, 11) is 0. The molecule has 2 N–H and O–H groups in total. The quantitative estimate of drug-likeness (QED) is 0.611. The first kappa shape index (κ1) is 14.9. The van der Waals surface area contributed by atoms with Gasteiger partial charge in [0.1, 0.15) is 0 Å². The molecule has 0 amide bonds. The molecule has 0 bridgehead atoms. The number of carboxylic acids is 2. The van der Waals surface area contributed by atoms with Crippen molar-refractivity contribution in [3.8, 4) is 0 Å². The molecule has 2 unspecified atom stereocenters. The van der Waals surface area contributed by atoms with Crippen LogP contribution in [0.5, 0.6) is 0 Å². The van der Waals surface area contributed by atoms with Crippen LogP contribution in [0.25, 0.3) is 0 Å². The zero-order valence-corrected chi connectivity index (χ0v) is 9.51. The van der Waals surface area contributed by atoms with Gasteiger partial charge in [0.05, 0.1) is 0 Å². The van der Waals surface area contributed by atoms with Crippen molar-refractivity contribution in [2.24, 2.45) is 0 Å². The highest BCUT2D eigenvalue weighted by atomic mass is 16.6. The van der Waals surface area contributed by atoms with Crippen molar-refractivity contribution >= 4 is 11.9 Å². The summed E-state index contributed by atoms with van der Waals surface area (Å²) in [6.45, 7) is 4.00. The smallest absolute Gasteiger partial charge is 0.336 e. The van der Waals surface area contributed by atoms with E-state index < -0.39 is 24.1 Å². The molecular formula is C10H18O6. The van der Waals surface area contributed by atoms with Crippen molar-refractivity contribution in [2.45, 2.75) is 38.9 Å². The number of carboxylic acid groups (broad SMARTS) is 2. The van der Waals surface area contributed by atoms with Crippen LogP contribution in [0.3, 0.4) is 0 Å². The zero-order chi connectivity index (χ0) is 12.6. The minimum absolute atomic E-state index is 0.191. The van der Waals surface area contributed by atoms with Crippen LogP contribution in [0, 0.1) is 0 Å². The largest absolute Gasteiger partial charge is 0.479 e. The number of aliphatic carboxylic acids is 2. The maximum atomic E-state index is 10.8. The van der Waals surface area contributed by atoms with Gasteiger partial charge in [-0.25, -0.2) is 9.59 Å². The fraction of sp³-hybridized carbons (Fsp3) is 0.800. The molecule has 0 spiro atoms. The van der Waals surface area contributed by atoms with E-state index in [0.29, 0.717) is 12.8 Å². The molecule has 0 heterocycles. The average molecular weight is 234 g/mol. The monoisotopic (exact) mass is 234 g/mol. The second kappa shape index (κ2) is 8.06. The van der Waals surface area contributed by atoms with Gasteiger partial charge >= 0.3 is 11.9 Å². The van der Waals surface area contributed by atoms with E-state index in [4.69, 9.17) is 19.7 Å². The van der Waals surface area contributed by atoms with E-state index in [1.807, 2.05) is 13.8 Å². The Balaban J connectivity index is 4.52. The molecule has 0 aromatic heterocycles. The molecule has 94 valence electrons. The maximum Gasteiger partial charge on any atom is 0.336 e. The predicted octanol–water partition coefficient (Wildman–Crippen LogP) is 0.746. The summed E-state index contributed by atoms with van der Waals surface area (Å²) < 4.78 is 9.94. The molecule has 0 saturated heterocycles. The maximum absolute atomic E-state index is 10.8. The average Bonchev–Trinajstić information content (AvgIpc) is 2.21. The van der Waals surface area contributed by atoms with Gasteiger partial charge in [0.25, 0.3) is 0 Å². The highest BCUT2D eigenvalue weighted by molar-refractivity contribution is 5.83. The molecule has 2 atom stereocenters. The molecule has 0 fully saturated rings. The van der Waals surface area contributed by atoms with E-state index >= 15 is 0 Å². The van der Waals surface area contributed by atoms with Crippen molar-refractivity contribution in [3.05, 3.63) is 0 Å². The first-order valence-electron chi connectivity index (χ1n) is 5.23. The van der Waals surface area contributed by atoms with Crippen molar-refractivity contribution < 1.29 is 29.3 Å². The summed E-state index contributed by atoms with van der Waals surface area (Å²) in [4.78, 5) is 21.7. The molecule has 6 heteroatoms. The van der Waals surface area contributed by atoms with Gasteiger partial charge in [0.15, 0.2) is 12.2 Å².